The fourth-order valence-electron chi connectivity index (χ4n) is 0.760. The first-order chi connectivity index (χ1) is 6.85. The predicted molar refractivity (Wildman–Crippen MR) is 61.7 cm³/mol. The average Bonchev–Trinajstić information content (AvgIpc) is 2.02. The monoisotopic (exact) mass is 258 g/mol. The lowest BCUT2D eigenvalue weighted by molar-refractivity contribution is -0.849. The lowest BCUT2D eigenvalue weighted by Crippen LogP contribution is -3.00. The minimum atomic E-state index is 0. The summed E-state index contributed by atoms with van der Waals surface area (Å²) in [6.07, 6.45) is 0. The van der Waals surface area contributed by atoms with E-state index in [0.717, 1.165) is 4.48 Å². The standard InChI is InChI=1S/C6H15NO3.C4H12N.ClH/c8-4-1-7(2-5-9)3-6-10;1-5(2,3)4;/h8-10H,1-6H2;1-4H3;1H/q;+1;/p-1. The van der Waals surface area contributed by atoms with Crippen LogP contribution in [0, 0.1) is 0 Å². The molecule has 0 saturated heterocycles. The third-order valence-electron chi connectivity index (χ3n) is 1.25. The molecule has 0 spiro atoms. The molecule has 0 aliphatic rings. The normalized spacial score (nSPS) is 10.5. The minimum Gasteiger partial charge on any atom is -1.00 e. The van der Waals surface area contributed by atoms with E-state index >= 15 is 0 Å². The van der Waals surface area contributed by atoms with Gasteiger partial charge in [-0.25, -0.2) is 0 Å². The highest BCUT2D eigenvalue weighted by atomic mass is 35.5. The van der Waals surface area contributed by atoms with E-state index in [1.165, 1.54) is 0 Å². The van der Waals surface area contributed by atoms with Crippen LogP contribution < -0.4 is 12.4 Å². The topological polar surface area (TPSA) is 63.9 Å². The minimum absolute atomic E-state index is 0. The number of quaternary nitrogens is 1. The number of halogens is 1. The highest BCUT2D eigenvalue weighted by molar-refractivity contribution is 4.54. The van der Waals surface area contributed by atoms with Crippen LogP contribution in [0.15, 0.2) is 0 Å². The summed E-state index contributed by atoms with van der Waals surface area (Å²) in [5.41, 5.74) is 0. The zero-order chi connectivity index (χ0) is 12.3. The maximum Gasteiger partial charge on any atom is 0.0675 e. The molecule has 0 bridgehead atoms. The Morgan fingerprint density at radius 2 is 0.938 bits per heavy atom. The van der Waals surface area contributed by atoms with Gasteiger partial charge < -0.3 is 32.2 Å². The maximum atomic E-state index is 8.48. The molecule has 5 nitrogen and oxygen atoms in total. The second-order valence-electron chi connectivity index (χ2n) is 4.70. The zero-order valence-corrected chi connectivity index (χ0v) is 11.6. The number of hydrogen-bond acceptors (Lipinski definition) is 4. The van der Waals surface area contributed by atoms with Crippen LogP contribution in [-0.4, -0.2) is 92.3 Å². The first kappa shape index (κ1) is 21.4. The van der Waals surface area contributed by atoms with Gasteiger partial charge in [-0.2, -0.15) is 0 Å². The Hall–Kier alpha value is 0.0900. The molecule has 0 saturated carbocycles. The number of rotatable bonds is 6. The molecule has 0 heterocycles. The Bertz CT molecular complexity index is 111. The van der Waals surface area contributed by atoms with E-state index in [9.17, 15) is 0 Å². The number of aliphatic hydroxyl groups is 3. The molecule has 102 valence electrons. The summed E-state index contributed by atoms with van der Waals surface area (Å²) in [7, 11) is 8.50. The Kier molecular flexibility index (Phi) is 17.6. The molecule has 0 atom stereocenters. The van der Waals surface area contributed by atoms with Crippen LogP contribution in [0.1, 0.15) is 0 Å². The molecule has 6 heteroatoms. The molecule has 0 aliphatic heterocycles. The molecule has 0 aromatic rings. The number of aliphatic hydroxyl groups excluding tert-OH is 3. The molecular formula is C10H27ClN2O3. The average molecular weight is 259 g/mol. The van der Waals surface area contributed by atoms with Gasteiger partial charge in [-0.05, 0) is 0 Å². The Balaban J connectivity index is -0.000000242. The van der Waals surface area contributed by atoms with Gasteiger partial charge >= 0.3 is 0 Å². The smallest absolute Gasteiger partial charge is 0.0675 e. The zero-order valence-electron chi connectivity index (χ0n) is 10.9. The molecule has 0 aromatic carbocycles. The van der Waals surface area contributed by atoms with Gasteiger partial charge in [0.2, 0.25) is 0 Å². The molecule has 16 heavy (non-hydrogen) atoms. The highest BCUT2D eigenvalue weighted by Crippen LogP contribution is 1.84. The van der Waals surface area contributed by atoms with Crippen LogP contribution in [0.25, 0.3) is 0 Å². The van der Waals surface area contributed by atoms with Crippen LogP contribution >= 0.6 is 0 Å². The van der Waals surface area contributed by atoms with E-state index in [4.69, 9.17) is 15.3 Å². The fourth-order valence-corrected chi connectivity index (χ4v) is 0.760. The Morgan fingerprint density at radius 3 is 1.06 bits per heavy atom. The summed E-state index contributed by atoms with van der Waals surface area (Å²) >= 11 is 0. The third kappa shape index (κ3) is 29.2. The van der Waals surface area contributed by atoms with Gasteiger partial charge in [-0.3, -0.25) is 4.90 Å². The van der Waals surface area contributed by atoms with E-state index in [1.807, 2.05) is 0 Å². The fraction of sp³-hybridized carbons (Fsp3) is 1.00. The summed E-state index contributed by atoms with van der Waals surface area (Å²) in [6, 6.07) is 0. The van der Waals surface area contributed by atoms with Crippen molar-refractivity contribution in [2.45, 2.75) is 0 Å². The molecule has 0 aromatic heterocycles. The molecule has 0 fully saturated rings. The summed E-state index contributed by atoms with van der Waals surface area (Å²) in [6.45, 7) is 1.75. The molecule has 3 N–H and O–H groups in total. The van der Waals surface area contributed by atoms with Crippen molar-refractivity contribution in [1.29, 1.82) is 0 Å². The largest absolute Gasteiger partial charge is 1.00 e. The van der Waals surface area contributed by atoms with E-state index in [2.05, 4.69) is 28.2 Å². The first-order valence-corrected chi connectivity index (χ1v) is 5.19. The van der Waals surface area contributed by atoms with E-state index in [-0.39, 0.29) is 32.2 Å². The van der Waals surface area contributed by atoms with Crippen LogP contribution in [-0.2, 0) is 0 Å². The molecular weight excluding hydrogens is 232 g/mol. The predicted octanol–water partition coefficient (Wildman–Crippen LogP) is -4.41. The van der Waals surface area contributed by atoms with Crippen molar-refractivity contribution in [3.05, 3.63) is 0 Å². The van der Waals surface area contributed by atoms with Crippen LogP contribution in [0.5, 0.6) is 0 Å². The van der Waals surface area contributed by atoms with Gasteiger partial charge in [-0.15, -0.1) is 0 Å². The van der Waals surface area contributed by atoms with Crippen molar-refractivity contribution < 1.29 is 32.2 Å². The van der Waals surface area contributed by atoms with Crippen molar-refractivity contribution in [1.82, 2.24) is 4.90 Å². The van der Waals surface area contributed by atoms with Crippen LogP contribution in [0.4, 0.5) is 0 Å². The Morgan fingerprint density at radius 1 is 0.750 bits per heavy atom. The van der Waals surface area contributed by atoms with Gasteiger partial charge in [0.25, 0.3) is 0 Å². The third-order valence-corrected chi connectivity index (χ3v) is 1.25. The lowest BCUT2D eigenvalue weighted by atomic mass is 10.4. The molecule has 0 rings (SSSR count). The van der Waals surface area contributed by atoms with Gasteiger partial charge in [0.05, 0.1) is 48.0 Å². The van der Waals surface area contributed by atoms with Crippen LogP contribution in [0.2, 0.25) is 0 Å². The molecule has 0 aliphatic carbocycles. The van der Waals surface area contributed by atoms with E-state index in [0.29, 0.717) is 19.6 Å². The lowest BCUT2D eigenvalue weighted by Gasteiger charge is -2.17. The number of nitrogens with zero attached hydrogens (tertiary/aromatic N) is 2. The van der Waals surface area contributed by atoms with E-state index in [1.54, 1.807) is 4.90 Å². The maximum absolute atomic E-state index is 8.48. The molecule has 0 radical (unpaired) electrons. The molecule has 0 amide bonds. The van der Waals surface area contributed by atoms with Crippen LogP contribution in [0.3, 0.4) is 0 Å². The van der Waals surface area contributed by atoms with Crippen molar-refractivity contribution in [2.75, 3.05) is 67.6 Å². The summed E-state index contributed by atoms with van der Waals surface area (Å²) in [5, 5.41) is 25.5. The SMILES string of the molecule is C[N+](C)(C)C.OCCN(CCO)CCO.[Cl-]. The summed E-state index contributed by atoms with van der Waals surface area (Å²) < 4.78 is 1.00. The van der Waals surface area contributed by atoms with Gasteiger partial charge in [-0.1, -0.05) is 0 Å². The summed E-state index contributed by atoms with van der Waals surface area (Å²) in [5.74, 6) is 0. The van der Waals surface area contributed by atoms with Crippen molar-refractivity contribution in [3.63, 3.8) is 0 Å². The Labute approximate surface area is 105 Å². The quantitative estimate of drug-likeness (QED) is 0.421. The van der Waals surface area contributed by atoms with E-state index < -0.39 is 0 Å². The second kappa shape index (κ2) is 13.2. The van der Waals surface area contributed by atoms with Gasteiger partial charge in [0.1, 0.15) is 0 Å². The van der Waals surface area contributed by atoms with Crippen molar-refractivity contribution in [3.8, 4) is 0 Å². The van der Waals surface area contributed by atoms with Gasteiger partial charge in [0.15, 0.2) is 0 Å². The van der Waals surface area contributed by atoms with Gasteiger partial charge in [0, 0.05) is 19.6 Å². The summed E-state index contributed by atoms with van der Waals surface area (Å²) in [4.78, 5) is 1.79. The molecule has 0 unspecified atom stereocenters. The number of hydrogen-bond donors (Lipinski definition) is 3. The first-order valence-electron chi connectivity index (χ1n) is 5.19. The highest BCUT2D eigenvalue weighted by Gasteiger charge is 2.00. The van der Waals surface area contributed by atoms with Crippen molar-refractivity contribution >= 4 is 0 Å². The van der Waals surface area contributed by atoms with Crippen molar-refractivity contribution in [2.24, 2.45) is 0 Å². The second-order valence-corrected chi connectivity index (χ2v) is 4.70.